The lowest BCUT2D eigenvalue weighted by atomic mass is 10.3. The van der Waals surface area contributed by atoms with E-state index in [2.05, 4.69) is 15.2 Å². The molecule has 1 heterocycles. The lowest BCUT2D eigenvalue weighted by Gasteiger charge is -1.94. The van der Waals surface area contributed by atoms with Gasteiger partial charge in [0.2, 0.25) is 5.82 Å². The molecular weight excluding hydrogens is 190 g/mol. The van der Waals surface area contributed by atoms with Gasteiger partial charge in [0.25, 0.3) is 0 Å². The minimum absolute atomic E-state index is 0.0252. The summed E-state index contributed by atoms with van der Waals surface area (Å²) in [7, 11) is 0. The van der Waals surface area contributed by atoms with Gasteiger partial charge in [0.15, 0.2) is 5.75 Å². The van der Waals surface area contributed by atoms with Gasteiger partial charge in [0.1, 0.15) is 0 Å². The Hall–Kier alpha value is -2.23. The van der Waals surface area contributed by atoms with Gasteiger partial charge < -0.3 is 5.11 Å². The van der Waals surface area contributed by atoms with E-state index in [0.717, 1.165) is 5.69 Å². The van der Waals surface area contributed by atoms with E-state index < -0.39 is 0 Å². The van der Waals surface area contributed by atoms with Gasteiger partial charge in [0.05, 0.1) is 5.69 Å². The molecule has 0 unspecified atom stereocenters. The standard InChI is InChI=1S/C11H9N3O/c15-10-7-4-8-12-11(10)14-13-9-5-2-1-3-6-9/h1-8,15H/b14-13+. The van der Waals surface area contributed by atoms with E-state index in [9.17, 15) is 5.11 Å². The van der Waals surface area contributed by atoms with Crippen LogP contribution in [0, 0.1) is 0 Å². The molecule has 0 spiro atoms. The molecule has 0 fully saturated rings. The van der Waals surface area contributed by atoms with Crippen LogP contribution in [0.5, 0.6) is 5.75 Å². The van der Waals surface area contributed by atoms with Crippen molar-refractivity contribution in [3.05, 3.63) is 48.7 Å². The van der Waals surface area contributed by atoms with Crippen molar-refractivity contribution >= 4 is 11.5 Å². The average Bonchev–Trinajstić information content (AvgIpc) is 2.29. The van der Waals surface area contributed by atoms with Crippen LogP contribution in [0.25, 0.3) is 0 Å². The minimum Gasteiger partial charge on any atom is -0.504 e. The molecule has 0 saturated carbocycles. The first-order valence-electron chi connectivity index (χ1n) is 4.47. The maximum atomic E-state index is 9.37. The molecular formula is C11H9N3O. The van der Waals surface area contributed by atoms with Gasteiger partial charge in [0, 0.05) is 6.20 Å². The van der Waals surface area contributed by atoms with Crippen molar-refractivity contribution in [2.75, 3.05) is 0 Å². The van der Waals surface area contributed by atoms with Crippen LogP contribution in [0.3, 0.4) is 0 Å². The molecule has 15 heavy (non-hydrogen) atoms. The zero-order valence-corrected chi connectivity index (χ0v) is 7.91. The number of rotatable bonds is 2. The maximum Gasteiger partial charge on any atom is 0.216 e. The number of azo groups is 1. The monoisotopic (exact) mass is 199 g/mol. The van der Waals surface area contributed by atoms with Gasteiger partial charge in [-0.1, -0.05) is 18.2 Å². The van der Waals surface area contributed by atoms with E-state index in [4.69, 9.17) is 0 Å². The fourth-order valence-corrected chi connectivity index (χ4v) is 1.07. The van der Waals surface area contributed by atoms with Crippen LogP contribution in [0.4, 0.5) is 11.5 Å². The Bertz CT molecular complexity index is 468. The maximum absolute atomic E-state index is 9.37. The second-order valence-corrected chi connectivity index (χ2v) is 2.88. The molecule has 0 saturated heterocycles. The molecule has 0 aliphatic heterocycles. The van der Waals surface area contributed by atoms with Gasteiger partial charge in [-0.2, -0.15) is 0 Å². The van der Waals surface area contributed by atoms with Gasteiger partial charge in [-0.15, -0.1) is 10.2 Å². The fraction of sp³-hybridized carbons (Fsp3) is 0. The highest BCUT2D eigenvalue weighted by atomic mass is 16.3. The summed E-state index contributed by atoms with van der Waals surface area (Å²) < 4.78 is 0. The van der Waals surface area contributed by atoms with Crippen LogP contribution >= 0.6 is 0 Å². The quantitative estimate of drug-likeness (QED) is 0.755. The first-order chi connectivity index (χ1) is 7.36. The molecule has 0 aliphatic carbocycles. The molecule has 0 amide bonds. The second kappa shape index (κ2) is 4.32. The Kier molecular flexibility index (Phi) is 2.69. The van der Waals surface area contributed by atoms with E-state index in [1.165, 1.54) is 6.07 Å². The van der Waals surface area contributed by atoms with Crippen molar-refractivity contribution in [3.63, 3.8) is 0 Å². The summed E-state index contributed by atoms with van der Waals surface area (Å²) in [5.74, 6) is 0.249. The van der Waals surface area contributed by atoms with E-state index in [1.54, 1.807) is 12.3 Å². The van der Waals surface area contributed by atoms with Crippen molar-refractivity contribution < 1.29 is 5.11 Å². The van der Waals surface area contributed by atoms with Gasteiger partial charge in [-0.3, -0.25) is 0 Å². The Morgan fingerprint density at radius 2 is 1.73 bits per heavy atom. The van der Waals surface area contributed by atoms with Crippen molar-refractivity contribution in [1.82, 2.24) is 4.98 Å². The molecule has 2 rings (SSSR count). The third-order valence-electron chi connectivity index (χ3n) is 1.78. The summed E-state index contributed by atoms with van der Waals surface area (Å²) in [6, 6.07) is 12.4. The minimum atomic E-state index is 0.0252. The molecule has 1 aromatic carbocycles. The predicted molar refractivity (Wildman–Crippen MR) is 56.5 cm³/mol. The molecule has 0 aliphatic rings. The van der Waals surface area contributed by atoms with Crippen LogP contribution in [0.1, 0.15) is 0 Å². The van der Waals surface area contributed by atoms with E-state index in [1.807, 2.05) is 30.3 Å². The molecule has 4 heteroatoms. The topological polar surface area (TPSA) is 57.8 Å². The van der Waals surface area contributed by atoms with E-state index in [0.29, 0.717) is 0 Å². The van der Waals surface area contributed by atoms with Crippen LogP contribution in [-0.2, 0) is 0 Å². The highest BCUT2D eigenvalue weighted by molar-refractivity contribution is 5.43. The molecule has 1 aromatic heterocycles. The van der Waals surface area contributed by atoms with Crippen LogP contribution < -0.4 is 0 Å². The number of hydrogen-bond donors (Lipinski definition) is 1. The normalized spacial score (nSPS) is 10.7. The van der Waals surface area contributed by atoms with E-state index in [-0.39, 0.29) is 11.6 Å². The zero-order valence-electron chi connectivity index (χ0n) is 7.91. The third-order valence-corrected chi connectivity index (χ3v) is 1.78. The molecule has 0 radical (unpaired) electrons. The van der Waals surface area contributed by atoms with E-state index >= 15 is 0 Å². The van der Waals surface area contributed by atoms with Gasteiger partial charge in [-0.25, -0.2) is 4.98 Å². The zero-order chi connectivity index (χ0) is 10.5. The first kappa shape index (κ1) is 9.33. The summed E-state index contributed by atoms with van der Waals surface area (Å²) in [4.78, 5) is 3.88. The van der Waals surface area contributed by atoms with Crippen LogP contribution in [0.2, 0.25) is 0 Å². The summed E-state index contributed by atoms with van der Waals surface area (Å²) in [6.45, 7) is 0. The smallest absolute Gasteiger partial charge is 0.216 e. The Morgan fingerprint density at radius 3 is 2.47 bits per heavy atom. The highest BCUT2D eigenvalue weighted by Gasteiger charge is 1.97. The van der Waals surface area contributed by atoms with Crippen molar-refractivity contribution in [2.24, 2.45) is 10.2 Å². The van der Waals surface area contributed by atoms with Crippen molar-refractivity contribution in [1.29, 1.82) is 0 Å². The van der Waals surface area contributed by atoms with Crippen LogP contribution in [-0.4, -0.2) is 10.1 Å². The molecule has 2 aromatic rings. The molecule has 74 valence electrons. The second-order valence-electron chi connectivity index (χ2n) is 2.88. The number of pyridine rings is 1. The van der Waals surface area contributed by atoms with Gasteiger partial charge in [-0.05, 0) is 24.3 Å². The van der Waals surface area contributed by atoms with Gasteiger partial charge >= 0.3 is 0 Å². The molecule has 1 N–H and O–H groups in total. The SMILES string of the molecule is Oc1cccnc1/N=N/c1ccccc1. The molecule has 0 bridgehead atoms. The number of aromatic nitrogens is 1. The number of aromatic hydroxyl groups is 1. The first-order valence-corrected chi connectivity index (χ1v) is 4.47. The Morgan fingerprint density at radius 1 is 0.933 bits per heavy atom. The Labute approximate surface area is 86.9 Å². The van der Waals surface area contributed by atoms with Crippen molar-refractivity contribution in [2.45, 2.75) is 0 Å². The summed E-state index contributed by atoms with van der Waals surface area (Å²) in [5, 5.41) is 17.2. The number of benzene rings is 1. The van der Waals surface area contributed by atoms with Crippen LogP contribution in [0.15, 0.2) is 58.9 Å². The molecule has 4 nitrogen and oxygen atoms in total. The fourth-order valence-electron chi connectivity index (χ4n) is 1.07. The summed E-state index contributed by atoms with van der Waals surface area (Å²) >= 11 is 0. The van der Waals surface area contributed by atoms with Crippen molar-refractivity contribution in [3.8, 4) is 5.75 Å². The number of nitrogens with zero attached hydrogens (tertiary/aromatic N) is 3. The lowest BCUT2D eigenvalue weighted by molar-refractivity contribution is 0.474. The summed E-state index contributed by atoms with van der Waals surface area (Å²) in [6.07, 6.45) is 1.55. The number of hydrogen-bond acceptors (Lipinski definition) is 4. The molecule has 0 atom stereocenters. The highest BCUT2D eigenvalue weighted by Crippen LogP contribution is 2.23. The lowest BCUT2D eigenvalue weighted by Crippen LogP contribution is -1.72. The largest absolute Gasteiger partial charge is 0.504 e. The average molecular weight is 199 g/mol. The summed E-state index contributed by atoms with van der Waals surface area (Å²) in [5.41, 5.74) is 0.725. The predicted octanol–water partition coefficient (Wildman–Crippen LogP) is 3.20. The third kappa shape index (κ3) is 2.37. The Balaban J connectivity index is 2.23.